The molecule has 0 N–H and O–H groups in total. The zero-order chi connectivity index (χ0) is 20.7. The molecular weight excluding hydrogens is 384 g/mol. The maximum Gasteiger partial charge on any atom is 0.410 e. The van der Waals surface area contributed by atoms with Gasteiger partial charge in [-0.05, 0) is 6.07 Å². The van der Waals surface area contributed by atoms with Crippen molar-refractivity contribution in [2.75, 3.05) is 26.2 Å². The van der Waals surface area contributed by atoms with E-state index in [4.69, 9.17) is 4.74 Å². The molecule has 0 spiro atoms. The average molecular weight is 404 g/mol. The highest BCUT2D eigenvalue weighted by atomic mass is 16.6. The minimum atomic E-state index is -0.327. The number of cyclic esters (lactones) is 1. The molecule has 2 amide bonds. The average Bonchev–Trinajstić information content (AvgIpc) is 3.16. The van der Waals surface area contributed by atoms with Gasteiger partial charge in [0.25, 0.3) is 5.56 Å². The second-order valence-electron chi connectivity index (χ2n) is 7.49. The minimum Gasteiger partial charge on any atom is -0.447 e. The summed E-state index contributed by atoms with van der Waals surface area (Å²) in [5.41, 5.74) is 1.25. The first-order valence-corrected chi connectivity index (χ1v) is 9.88. The third-order valence-electron chi connectivity index (χ3n) is 5.67. The Morgan fingerprint density at radius 2 is 1.73 bits per heavy atom. The summed E-state index contributed by atoms with van der Waals surface area (Å²) >= 11 is 0. The molecular formula is C22H20N4O4. The fourth-order valence-electron chi connectivity index (χ4n) is 4.09. The number of hydrogen-bond donors (Lipinski definition) is 0. The van der Waals surface area contributed by atoms with Gasteiger partial charge in [-0.2, -0.15) is 5.10 Å². The van der Waals surface area contributed by atoms with Gasteiger partial charge in [0.1, 0.15) is 13.2 Å². The lowest BCUT2D eigenvalue weighted by atomic mass is 10.1. The molecule has 1 atom stereocenters. The second kappa shape index (κ2) is 7.29. The van der Waals surface area contributed by atoms with E-state index in [1.165, 1.54) is 4.68 Å². The fourth-order valence-corrected chi connectivity index (χ4v) is 4.09. The van der Waals surface area contributed by atoms with E-state index in [1.54, 1.807) is 21.9 Å². The number of fused-ring (bicyclic) bond motifs is 2. The summed E-state index contributed by atoms with van der Waals surface area (Å²) < 4.78 is 6.31. The molecule has 8 nitrogen and oxygen atoms in total. The monoisotopic (exact) mass is 404 g/mol. The number of amides is 2. The molecule has 2 aromatic carbocycles. The SMILES string of the molecule is O=C(Cn1nc(-c2ccccc2)c2ccccc2c1=O)N1CCN2C(=O)OC[C@@H]2C1. The number of carbonyl (C=O) groups excluding carboxylic acids is 2. The number of hydrogen-bond acceptors (Lipinski definition) is 5. The van der Waals surface area contributed by atoms with Crippen LogP contribution in [-0.2, 0) is 16.1 Å². The minimum absolute atomic E-state index is 0.128. The van der Waals surface area contributed by atoms with Crippen LogP contribution in [0.15, 0.2) is 59.4 Å². The van der Waals surface area contributed by atoms with Crippen LogP contribution in [0.25, 0.3) is 22.0 Å². The first kappa shape index (κ1) is 18.4. The van der Waals surface area contributed by atoms with E-state index in [9.17, 15) is 14.4 Å². The largest absolute Gasteiger partial charge is 0.447 e. The third kappa shape index (κ3) is 3.10. The standard InChI is InChI=1S/C22H20N4O4/c27-19(24-10-11-25-16(12-24)14-30-22(25)29)13-26-21(28)18-9-5-4-8-17(18)20(23-26)15-6-2-1-3-7-15/h1-9,16H,10-14H2/t16-/m0/s1. The second-order valence-corrected chi connectivity index (χ2v) is 7.49. The number of piperazine rings is 1. The van der Waals surface area contributed by atoms with Crippen molar-refractivity contribution in [3.05, 3.63) is 65.0 Å². The van der Waals surface area contributed by atoms with Gasteiger partial charge in [-0.1, -0.05) is 48.5 Å². The van der Waals surface area contributed by atoms with Gasteiger partial charge in [0.15, 0.2) is 0 Å². The molecule has 0 radical (unpaired) electrons. The van der Waals surface area contributed by atoms with Crippen LogP contribution in [0, 0.1) is 0 Å². The molecule has 0 aliphatic carbocycles. The van der Waals surface area contributed by atoms with Gasteiger partial charge < -0.3 is 9.64 Å². The molecule has 2 aliphatic rings. The van der Waals surface area contributed by atoms with Crippen LogP contribution < -0.4 is 5.56 Å². The van der Waals surface area contributed by atoms with E-state index in [1.807, 2.05) is 42.5 Å². The summed E-state index contributed by atoms with van der Waals surface area (Å²) in [6.07, 6.45) is -0.327. The Morgan fingerprint density at radius 1 is 1.00 bits per heavy atom. The first-order chi connectivity index (χ1) is 14.6. The third-order valence-corrected chi connectivity index (χ3v) is 5.67. The molecule has 30 heavy (non-hydrogen) atoms. The number of rotatable bonds is 3. The van der Waals surface area contributed by atoms with Crippen molar-refractivity contribution in [1.82, 2.24) is 19.6 Å². The van der Waals surface area contributed by atoms with E-state index in [2.05, 4.69) is 5.10 Å². The molecule has 152 valence electrons. The molecule has 2 fully saturated rings. The molecule has 3 heterocycles. The van der Waals surface area contributed by atoms with Gasteiger partial charge in [-0.25, -0.2) is 9.48 Å². The zero-order valence-electron chi connectivity index (χ0n) is 16.2. The summed E-state index contributed by atoms with van der Waals surface area (Å²) in [7, 11) is 0. The van der Waals surface area contributed by atoms with E-state index < -0.39 is 0 Å². The highest BCUT2D eigenvalue weighted by Crippen LogP contribution is 2.24. The van der Waals surface area contributed by atoms with Crippen LogP contribution in [-0.4, -0.2) is 63.9 Å². The van der Waals surface area contributed by atoms with Gasteiger partial charge in [0.05, 0.1) is 17.1 Å². The Morgan fingerprint density at radius 3 is 2.53 bits per heavy atom. The molecule has 3 aromatic rings. The van der Waals surface area contributed by atoms with Crippen molar-refractivity contribution in [1.29, 1.82) is 0 Å². The van der Waals surface area contributed by atoms with Crippen molar-refractivity contribution >= 4 is 22.8 Å². The molecule has 0 unspecified atom stereocenters. The maximum atomic E-state index is 13.0. The van der Waals surface area contributed by atoms with Crippen LogP contribution in [0.3, 0.4) is 0 Å². The lowest BCUT2D eigenvalue weighted by Crippen LogP contribution is -2.54. The number of benzene rings is 2. The quantitative estimate of drug-likeness (QED) is 0.664. The van der Waals surface area contributed by atoms with Gasteiger partial charge in [-0.15, -0.1) is 0 Å². The van der Waals surface area contributed by atoms with Crippen molar-refractivity contribution in [2.24, 2.45) is 0 Å². The van der Waals surface area contributed by atoms with Crippen LogP contribution in [0.5, 0.6) is 0 Å². The Labute approximate surface area is 172 Å². The van der Waals surface area contributed by atoms with Crippen LogP contribution in [0.2, 0.25) is 0 Å². The highest BCUT2D eigenvalue weighted by molar-refractivity contribution is 5.93. The molecule has 8 heteroatoms. The van der Waals surface area contributed by atoms with Crippen molar-refractivity contribution in [3.8, 4) is 11.3 Å². The lowest BCUT2D eigenvalue weighted by Gasteiger charge is -2.35. The number of carbonyl (C=O) groups is 2. The zero-order valence-corrected chi connectivity index (χ0v) is 16.2. The van der Waals surface area contributed by atoms with Gasteiger partial charge >= 0.3 is 6.09 Å². The molecule has 5 rings (SSSR count). The Bertz CT molecular complexity index is 1190. The molecule has 2 saturated heterocycles. The Balaban J connectivity index is 1.47. The van der Waals surface area contributed by atoms with Gasteiger partial charge in [-0.3, -0.25) is 14.5 Å². The van der Waals surface area contributed by atoms with Crippen molar-refractivity contribution in [2.45, 2.75) is 12.6 Å². The van der Waals surface area contributed by atoms with Crippen molar-refractivity contribution < 1.29 is 14.3 Å². The van der Waals surface area contributed by atoms with Crippen LogP contribution in [0.1, 0.15) is 0 Å². The normalized spacial score (nSPS) is 18.4. The fraction of sp³-hybridized carbons (Fsp3) is 0.273. The molecule has 0 bridgehead atoms. The first-order valence-electron chi connectivity index (χ1n) is 9.88. The molecule has 0 saturated carbocycles. The highest BCUT2D eigenvalue weighted by Gasteiger charge is 2.38. The van der Waals surface area contributed by atoms with Gasteiger partial charge in [0.2, 0.25) is 5.91 Å². The molecule has 2 aliphatic heterocycles. The van der Waals surface area contributed by atoms with Crippen LogP contribution >= 0.6 is 0 Å². The van der Waals surface area contributed by atoms with Crippen molar-refractivity contribution in [3.63, 3.8) is 0 Å². The number of ether oxygens (including phenoxy) is 1. The lowest BCUT2D eigenvalue weighted by molar-refractivity contribution is -0.134. The predicted octanol–water partition coefficient (Wildman–Crippen LogP) is 1.73. The van der Waals surface area contributed by atoms with E-state index in [-0.39, 0.29) is 36.8 Å². The van der Waals surface area contributed by atoms with E-state index in [0.29, 0.717) is 30.7 Å². The number of nitrogens with zero attached hydrogens (tertiary/aromatic N) is 4. The topological polar surface area (TPSA) is 84.7 Å². The smallest absolute Gasteiger partial charge is 0.410 e. The number of aromatic nitrogens is 2. The Kier molecular flexibility index (Phi) is 4.46. The maximum absolute atomic E-state index is 13.0. The summed E-state index contributed by atoms with van der Waals surface area (Å²) in [6.45, 7) is 1.39. The summed E-state index contributed by atoms with van der Waals surface area (Å²) in [5.74, 6) is -0.196. The van der Waals surface area contributed by atoms with Gasteiger partial charge in [0, 0.05) is 30.6 Å². The predicted molar refractivity (Wildman–Crippen MR) is 110 cm³/mol. The Hall–Kier alpha value is -3.68. The summed E-state index contributed by atoms with van der Waals surface area (Å²) in [5, 5.41) is 5.84. The van der Waals surface area contributed by atoms with Crippen LogP contribution in [0.4, 0.5) is 4.79 Å². The summed E-state index contributed by atoms with van der Waals surface area (Å²) in [6, 6.07) is 16.8. The molecule has 1 aromatic heterocycles. The summed E-state index contributed by atoms with van der Waals surface area (Å²) in [4.78, 5) is 41.0. The van der Waals surface area contributed by atoms with E-state index in [0.717, 1.165) is 10.9 Å². The van der Waals surface area contributed by atoms with E-state index >= 15 is 0 Å².